The van der Waals surface area contributed by atoms with Gasteiger partial charge in [0.25, 0.3) is 5.91 Å². The molecule has 1 amide bonds. The van der Waals surface area contributed by atoms with Crippen molar-refractivity contribution in [1.82, 2.24) is 5.32 Å². The van der Waals surface area contributed by atoms with E-state index in [2.05, 4.69) is 53.2 Å². The Morgan fingerprint density at radius 2 is 1.62 bits per heavy atom. The minimum Gasteiger partial charge on any atom is -0.372 e. The molecule has 0 saturated carbocycles. The lowest BCUT2D eigenvalue weighted by Gasteiger charge is -2.34. The van der Waals surface area contributed by atoms with Crippen LogP contribution in [-0.2, 0) is 0 Å². The molecule has 1 aliphatic heterocycles. The zero-order chi connectivity index (χ0) is 18.4. The predicted octanol–water partition coefficient (Wildman–Crippen LogP) is 3.93. The van der Waals surface area contributed by atoms with Gasteiger partial charge < -0.3 is 15.1 Å². The van der Waals surface area contributed by atoms with E-state index in [9.17, 15) is 4.79 Å². The number of nitrogens with one attached hydrogen (secondary N) is 1. The standard InChI is InChI=1S/C22H29N3O/c1-3-24(4-2)21-12-10-18(11-13-21)22(26)23-19-14-16-25(17-15-19)20-8-6-5-7-9-20/h5-13,19H,3-4,14-17H2,1-2H3,(H,23,26). The van der Waals surface area contributed by atoms with Crippen molar-refractivity contribution in [3.63, 3.8) is 0 Å². The number of amides is 1. The van der Waals surface area contributed by atoms with E-state index in [0.717, 1.165) is 44.6 Å². The summed E-state index contributed by atoms with van der Waals surface area (Å²) in [5.41, 5.74) is 3.18. The third-order valence-electron chi connectivity index (χ3n) is 5.21. The molecule has 0 unspecified atom stereocenters. The summed E-state index contributed by atoms with van der Waals surface area (Å²) in [4.78, 5) is 17.2. The van der Waals surface area contributed by atoms with Gasteiger partial charge in [0.15, 0.2) is 0 Å². The predicted molar refractivity (Wildman–Crippen MR) is 109 cm³/mol. The molecule has 1 fully saturated rings. The topological polar surface area (TPSA) is 35.6 Å². The summed E-state index contributed by atoms with van der Waals surface area (Å²) >= 11 is 0. The highest BCUT2D eigenvalue weighted by Crippen LogP contribution is 2.20. The third-order valence-corrected chi connectivity index (χ3v) is 5.21. The van der Waals surface area contributed by atoms with Crippen LogP contribution < -0.4 is 15.1 Å². The Kier molecular flexibility index (Phi) is 6.16. The van der Waals surface area contributed by atoms with Crippen LogP contribution in [0.1, 0.15) is 37.0 Å². The Labute approximate surface area is 156 Å². The highest BCUT2D eigenvalue weighted by Gasteiger charge is 2.21. The van der Waals surface area contributed by atoms with Crippen molar-refractivity contribution in [2.24, 2.45) is 0 Å². The number of carbonyl (C=O) groups excluding carboxylic acids is 1. The molecule has 1 aliphatic rings. The Hall–Kier alpha value is -2.49. The molecule has 0 aliphatic carbocycles. The molecule has 0 radical (unpaired) electrons. The monoisotopic (exact) mass is 351 g/mol. The molecule has 138 valence electrons. The summed E-state index contributed by atoms with van der Waals surface area (Å²) in [5, 5.41) is 3.20. The average molecular weight is 351 g/mol. The number of para-hydroxylation sites is 1. The molecule has 2 aromatic rings. The Balaban J connectivity index is 1.53. The van der Waals surface area contributed by atoms with E-state index in [1.165, 1.54) is 11.4 Å². The van der Waals surface area contributed by atoms with E-state index < -0.39 is 0 Å². The van der Waals surface area contributed by atoms with Gasteiger partial charge >= 0.3 is 0 Å². The minimum absolute atomic E-state index is 0.0364. The zero-order valence-corrected chi connectivity index (χ0v) is 15.8. The second-order valence-electron chi connectivity index (χ2n) is 6.79. The van der Waals surface area contributed by atoms with Crippen molar-refractivity contribution < 1.29 is 4.79 Å². The number of carbonyl (C=O) groups is 1. The van der Waals surface area contributed by atoms with E-state index in [1.807, 2.05) is 30.3 Å². The van der Waals surface area contributed by atoms with Crippen molar-refractivity contribution in [1.29, 1.82) is 0 Å². The molecule has 1 N–H and O–H groups in total. The first kappa shape index (κ1) is 18.3. The number of piperidine rings is 1. The van der Waals surface area contributed by atoms with Crippen molar-refractivity contribution in [3.05, 3.63) is 60.2 Å². The van der Waals surface area contributed by atoms with Crippen molar-refractivity contribution in [3.8, 4) is 0 Å². The summed E-state index contributed by atoms with van der Waals surface area (Å²) in [5.74, 6) is 0.0364. The van der Waals surface area contributed by atoms with E-state index >= 15 is 0 Å². The number of hydrogen-bond acceptors (Lipinski definition) is 3. The van der Waals surface area contributed by atoms with Crippen LogP contribution in [0.15, 0.2) is 54.6 Å². The highest BCUT2D eigenvalue weighted by molar-refractivity contribution is 5.94. The van der Waals surface area contributed by atoms with Crippen LogP contribution in [-0.4, -0.2) is 38.1 Å². The van der Waals surface area contributed by atoms with Gasteiger partial charge in [-0.3, -0.25) is 4.79 Å². The van der Waals surface area contributed by atoms with Crippen LogP contribution in [0.25, 0.3) is 0 Å². The number of nitrogens with zero attached hydrogens (tertiary/aromatic N) is 2. The van der Waals surface area contributed by atoms with Gasteiger partial charge in [-0.25, -0.2) is 0 Å². The summed E-state index contributed by atoms with van der Waals surface area (Å²) < 4.78 is 0. The van der Waals surface area contributed by atoms with Gasteiger partial charge in [0.05, 0.1) is 0 Å². The zero-order valence-electron chi connectivity index (χ0n) is 15.8. The molecule has 4 heteroatoms. The SMILES string of the molecule is CCN(CC)c1ccc(C(=O)NC2CCN(c3ccccc3)CC2)cc1. The van der Waals surface area contributed by atoms with E-state index in [0.29, 0.717) is 0 Å². The minimum atomic E-state index is 0.0364. The van der Waals surface area contributed by atoms with Gasteiger partial charge in [-0.1, -0.05) is 18.2 Å². The number of anilines is 2. The van der Waals surface area contributed by atoms with Gasteiger partial charge in [-0.2, -0.15) is 0 Å². The Bertz CT molecular complexity index is 687. The molecular formula is C22H29N3O. The molecule has 26 heavy (non-hydrogen) atoms. The maximum absolute atomic E-state index is 12.5. The molecule has 2 aromatic carbocycles. The van der Waals surface area contributed by atoms with E-state index in [-0.39, 0.29) is 11.9 Å². The Morgan fingerprint density at radius 3 is 2.19 bits per heavy atom. The fourth-order valence-electron chi connectivity index (χ4n) is 3.60. The van der Waals surface area contributed by atoms with Crippen LogP contribution in [0.2, 0.25) is 0 Å². The normalized spacial score (nSPS) is 14.9. The van der Waals surface area contributed by atoms with Crippen LogP contribution in [0.5, 0.6) is 0 Å². The molecule has 0 spiro atoms. The molecular weight excluding hydrogens is 322 g/mol. The first-order chi connectivity index (χ1) is 12.7. The van der Waals surface area contributed by atoms with Gasteiger partial charge in [0, 0.05) is 49.2 Å². The average Bonchev–Trinajstić information content (AvgIpc) is 2.71. The second kappa shape index (κ2) is 8.75. The van der Waals surface area contributed by atoms with E-state index in [4.69, 9.17) is 0 Å². The van der Waals surface area contributed by atoms with Gasteiger partial charge in [-0.15, -0.1) is 0 Å². The molecule has 4 nitrogen and oxygen atoms in total. The maximum atomic E-state index is 12.5. The largest absolute Gasteiger partial charge is 0.372 e. The fourth-order valence-corrected chi connectivity index (χ4v) is 3.60. The quantitative estimate of drug-likeness (QED) is 0.856. The van der Waals surface area contributed by atoms with Crippen LogP contribution in [0, 0.1) is 0 Å². The van der Waals surface area contributed by atoms with Gasteiger partial charge in [0.1, 0.15) is 0 Å². The molecule has 1 heterocycles. The number of benzene rings is 2. The maximum Gasteiger partial charge on any atom is 0.251 e. The lowest BCUT2D eigenvalue weighted by Crippen LogP contribution is -2.44. The highest BCUT2D eigenvalue weighted by atomic mass is 16.1. The molecule has 0 bridgehead atoms. The summed E-state index contributed by atoms with van der Waals surface area (Å²) in [6.07, 6.45) is 1.97. The molecule has 0 atom stereocenters. The summed E-state index contributed by atoms with van der Waals surface area (Å²) in [6.45, 7) is 8.20. The van der Waals surface area contributed by atoms with Crippen LogP contribution in [0.4, 0.5) is 11.4 Å². The van der Waals surface area contributed by atoms with E-state index in [1.54, 1.807) is 0 Å². The van der Waals surface area contributed by atoms with Crippen LogP contribution in [0.3, 0.4) is 0 Å². The second-order valence-corrected chi connectivity index (χ2v) is 6.79. The first-order valence-corrected chi connectivity index (χ1v) is 9.67. The molecule has 3 rings (SSSR count). The Morgan fingerprint density at radius 1 is 1.00 bits per heavy atom. The summed E-state index contributed by atoms with van der Waals surface area (Å²) in [7, 11) is 0. The van der Waals surface area contributed by atoms with Crippen molar-refractivity contribution >= 4 is 17.3 Å². The van der Waals surface area contributed by atoms with Crippen molar-refractivity contribution in [2.75, 3.05) is 36.0 Å². The lowest BCUT2D eigenvalue weighted by molar-refractivity contribution is 0.0931. The number of rotatable bonds is 6. The number of hydrogen-bond donors (Lipinski definition) is 1. The smallest absolute Gasteiger partial charge is 0.251 e. The fraction of sp³-hybridized carbons (Fsp3) is 0.409. The summed E-state index contributed by atoms with van der Waals surface area (Å²) in [6, 6.07) is 18.7. The van der Waals surface area contributed by atoms with Gasteiger partial charge in [0.2, 0.25) is 0 Å². The third kappa shape index (κ3) is 4.37. The van der Waals surface area contributed by atoms with Gasteiger partial charge in [-0.05, 0) is 63.1 Å². The molecule has 0 aromatic heterocycles. The van der Waals surface area contributed by atoms with Crippen molar-refractivity contribution in [2.45, 2.75) is 32.7 Å². The van der Waals surface area contributed by atoms with Crippen LogP contribution >= 0.6 is 0 Å². The molecule has 1 saturated heterocycles. The first-order valence-electron chi connectivity index (χ1n) is 9.67. The lowest BCUT2D eigenvalue weighted by atomic mass is 10.0.